The van der Waals surface area contributed by atoms with Crippen molar-refractivity contribution in [2.75, 3.05) is 12.4 Å². The summed E-state index contributed by atoms with van der Waals surface area (Å²) >= 11 is 0. The number of ether oxygens (including phenoxy) is 1. The molecule has 9 heteroatoms. The average molecular weight is 354 g/mol. The van der Waals surface area contributed by atoms with Crippen LogP contribution in [0.4, 0.5) is 17.2 Å². The number of nitrogens with zero attached hydrogens (tertiary/aromatic N) is 5. The van der Waals surface area contributed by atoms with Gasteiger partial charge in [-0.25, -0.2) is 15.0 Å². The largest absolute Gasteiger partial charge is 0.495 e. The van der Waals surface area contributed by atoms with Crippen LogP contribution in [-0.4, -0.2) is 31.6 Å². The Hall–Kier alpha value is -3.23. The lowest BCUT2D eigenvalue weighted by molar-refractivity contribution is -0.384. The number of hydrogen-bond acceptors (Lipinski definition) is 7. The van der Waals surface area contributed by atoms with E-state index in [2.05, 4.69) is 19.9 Å². The Morgan fingerprint density at radius 1 is 1.27 bits per heavy atom. The molecule has 1 aliphatic rings. The maximum atomic E-state index is 11.1. The molecule has 4 rings (SSSR count). The van der Waals surface area contributed by atoms with Crippen molar-refractivity contribution in [3.8, 4) is 5.75 Å². The van der Waals surface area contributed by atoms with Gasteiger partial charge >= 0.3 is 0 Å². The number of rotatable bonds is 4. The molecule has 1 aromatic carbocycles. The van der Waals surface area contributed by atoms with E-state index in [9.17, 15) is 10.1 Å². The van der Waals surface area contributed by atoms with Gasteiger partial charge < -0.3 is 14.6 Å². The van der Waals surface area contributed by atoms with Crippen molar-refractivity contribution < 1.29 is 9.66 Å². The maximum absolute atomic E-state index is 11.1. The van der Waals surface area contributed by atoms with E-state index in [1.165, 1.54) is 32.0 Å². The fraction of sp³-hybridized carbons (Fsp3) is 0.353. The molecule has 0 amide bonds. The van der Waals surface area contributed by atoms with Crippen molar-refractivity contribution in [3.05, 3.63) is 40.5 Å². The van der Waals surface area contributed by atoms with Gasteiger partial charge in [0, 0.05) is 25.1 Å². The molecule has 26 heavy (non-hydrogen) atoms. The smallest absolute Gasteiger partial charge is 0.271 e. The summed E-state index contributed by atoms with van der Waals surface area (Å²) in [7, 11) is 1.51. The molecule has 1 N–H and O–H groups in total. The van der Waals surface area contributed by atoms with Crippen LogP contribution in [0, 0.1) is 10.1 Å². The Morgan fingerprint density at radius 3 is 2.96 bits per heavy atom. The normalized spacial score (nSPS) is 13.9. The highest BCUT2D eigenvalue weighted by molar-refractivity contribution is 5.86. The number of nitro groups is 1. The van der Waals surface area contributed by atoms with Crippen LogP contribution in [0.2, 0.25) is 0 Å². The van der Waals surface area contributed by atoms with Gasteiger partial charge in [0.05, 0.1) is 17.7 Å². The van der Waals surface area contributed by atoms with Crippen molar-refractivity contribution in [2.45, 2.75) is 32.2 Å². The number of hydrogen-bond donors (Lipinski definition) is 1. The summed E-state index contributed by atoms with van der Waals surface area (Å²) in [4.78, 5) is 24.0. The number of nitrogens with one attached hydrogen (secondary N) is 1. The quantitative estimate of drug-likeness (QED) is 0.566. The second-order valence-corrected chi connectivity index (χ2v) is 6.15. The molecule has 0 fully saturated rings. The standard InChI is InChI=1S/C17H18N6O3/c1-26-13-7-6-11(23(24)25)9-12(13)20-16-15-17(19-10-18-16)22-8-4-2-3-5-14(22)21-15/h6-7,9-10H,2-5,8H2,1H3,(H,18,19,20). The van der Waals surface area contributed by atoms with Gasteiger partial charge in [0.1, 0.15) is 17.9 Å². The van der Waals surface area contributed by atoms with Gasteiger partial charge in [-0.05, 0) is 18.9 Å². The lowest BCUT2D eigenvalue weighted by Crippen LogP contribution is -2.02. The second-order valence-electron chi connectivity index (χ2n) is 6.15. The van der Waals surface area contributed by atoms with E-state index in [1.807, 2.05) is 0 Å². The highest BCUT2D eigenvalue weighted by Gasteiger charge is 2.19. The number of non-ortho nitro benzene ring substituents is 1. The van der Waals surface area contributed by atoms with Crippen LogP contribution < -0.4 is 10.1 Å². The number of aromatic nitrogens is 4. The van der Waals surface area contributed by atoms with Crippen molar-refractivity contribution in [1.29, 1.82) is 0 Å². The Kier molecular flexibility index (Phi) is 4.11. The first-order valence-electron chi connectivity index (χ1n) is 8.47. The summed E-state index contributed by atoms with van der Waals surface area (Å²) in [5, 5.41) is 14.2. The van der Waals surface area contributed by atoms with Crippen molar-refractivity contribution in [2.24, 2.45) is 0 Å². The monoisotopic (exact) mass is 354 g/mol. The molecule has 0 atom stereocenters. The maximum Gasteiger partial charge on any atom is 0.271 e. The molecule has 9 nitrogen and oxygen atoms in total. The molecule has 1 aliphatic heterocycles. The van der Waals surface area contributed by atoms with Crippen LogP contribution >= 0.6 is 0 Å². The minimum absolute atomic E-state index is 0.0285. The Morgan fingerprint density at radius 2 is 2.15 bits per heavy atom. The topological polar surface area (TPSA) is 108 Å². The minimum atomic E-state index is -0.445. The molecular formula is C17H18N6O3. The molecule has 0 aliphatic carbocycles. The Bertz CT molecular complexity index is 984. The van der Waals surface area contributed by atoms with Gasteiger partial charge in [-0.2, -0.15) is 0 Å². The predicted octanol–water partition coefficient (Wildman–Crippen LogP) is 3.21. The van der Waals surface area contributed by atoms with E-state index in [0.717, 1.165) is 37.3 Å². The van der Waals surface area contributed by atoms with E-state index in [1.54, 1.807) is 6.07 Å². The Labute approximate surface area is 149 Å². The van der Waals surface area contributed by atoms with Gasteiger partial charge in [0.25, 0.3) is 5.69 Å². The molecule has 134 valence electrons. The van der Waals surface area contributed by atoms with Crippen LogP contribution in [0.5, 0.6) is 5.75 Å². The van der Waals surface area contributed by atoms with E-state index in [4.69, 9.17) is 9.72 Å². The number of imidazole rings is 1. The number of anilines is 2. The molecule has 2 aromatic heterocycles. The summed E-state index contributed by atoms with van der Waals surface area (Å²) in [6.45, 7) is 0.891. The third-order valence-corrected chi connectivity index (χ3v) is 4.54. The van der Waals surface area contributed by atoms with Gasteiger partial charge in [0.2, 0.25) is 0 Å². The van der Waals surface area contributed by atoms with Crippen LogP contribution in [0.3, 0.4) is 0 Å². The number of fused-ring (bicyclic) bond motifs is 3. The van der Waals surface area contributed by atoms with Crippen LogP contribution in [0.25, 0.3) is 11.2 Å². The molecule has 0 unspecified atom stereocenters. The molecule has 0 radical (unpaired) electrons. The van der Waals surface area contributed by atoms with Gasteiger partial charge in [-0.15, -0.1) is 0 Å². The molecule has 0 spiro atoms. The summed E-state index contributed by atoms with van der Waals surface area (Å²) in [6, 6.07) is 4.38. The van der Waals surface area contributed by atoms with Crippen molar-refractivity contribution in [1.82, 2.24) is 19.5 Å². The number of methoxy groups -OCH3 is 1. The fourth-order valence-corrected chi connectivity index (χ4v) is 3.26. The lowest BCUT2D eigenvalue weighted by Gasteiger charge is -2.10. The number of nitro benzene ring substituents is 1. The molecule has 0 saturated heterocycles. The predicted molar refractivity (Wildman–Crippen MR) is 95.8 cm³/mol. The highest BCUT2D eigenvalue weighted by Crippen LogP contribution is 2.33. The summed E-state index contributed by atoms with van der Waals surface area (Å²) < 4.78 is 7.45. The summed E-state index contributed by atoms with van der Waals surface area (Å²) in [5.41, 5.74) is 1.88. The van der Waals surface area contributed by atoms with Gasteiger partial charge in [-0.1, -0.05) is 6.42 Å². The average Bonchev–Trinajstić information content (AvgIpc) is 2.84. The molecule has 0 bridgehead atoms. The second kappa shape index (κ2) is 6.58. The van der Waals surface area contributed by atoms with Crippen LogP contribution in [0.1, 0.15) is 25.1 Å². The summed E-state index contributed by atoms with van der Waals surface area (Å²) in [6.07, 6.45) is 5.79. The molecule has 3 heterocycles. The fourth-order valence-electron chi connectivity index (χ4n) is 3.26. The SMILES string of the molecule is COc1ccc([N+](=O)[O-])cc1Nc1ncnc2c1nc1n2CCCCC1. The Balaban J connectivity index is 1.79. The third-order valence-electron chi connectivity index (χ3n) is 4.54. The van der Waals surface area contributed by atoms with E-state index in [0.29, 0.717) is 22.8 Å². The minimum Gasteiger partial charge on any atom is -0.495 e. The zero-order valence-corrected chi connectivity index (χ0v) is 14.3. The van der Waals surface area contributed by atoms with Crippen LogP contribution in [0.15, 0.2) is 24.5 Å². The van der Waals surface area contributed by atoms with E-state index in [-0.39, 0.29) is 5.69 Å². The molecular weight excluding hydrogens is 336 g/mol. The van der Waals surface area contributed by atoms with E-state index >= 15 is 0 Å². The number of benzene rings is 1. The molecule has 3 aromatic rings. The molecule has 0 saturated carbocycles. The van der Waals surface area contributed by atoms with Gasteiger partial charge in [-0.3, -0.25) is 10.1 Å². The summed E-state index contributed by atoms with van der Waals surface area (Å²) in [5.74, 6) is 2.00. The first-order valence-corrected chi connectivity index (χ1v) is 8.47. The first-order chi connectivity index (χ1) is 12.7. The van der Waals surface area contributed by atoms with Gasteiger partial charge in [0.15, 0.2) is 17.0 Å². The van der Waals surface area contributed by atoms with Crippen molar-refractivity contribution >= 4 is 28.4 Å². The zero-order valence-electron chi connectivity index (χ0n) is 14.3. The highest BCUT2D eigenvalue weighted by atomic mass is 16.6. The lowest BCUT2D eigenvalue weighted by atomic mass is 10.2. The van der Waals surface area contributed by atoms with Crippen molar-refractivity contribution in [3.63, 3.8) is 0 Å². The first kappa shape index (κ1) is 16.2. The van der Waals surface area contributed by atoms with E-state index < -0.39 is 4.92 Å². The number of aryl methyl sites for hydroxylation is 2. The zero-order chi connectivity index (χ0) is 18.1. The third kappa shape index (κ3) is 2.81. The van der Waals surface area contributed by atoms with Crippen LogP contribution in [-0.2, 0) is 13.0 Å².